The Kier molecular flexibility index (Phi) is 5.59. The number of nitrogens with two attached hydrogens (primary N) is 1. The van der Waals surface area contributed by atoms with E-state index in [-0.39, 0.29) is 6.04 Å². The fourth-order valence-electron chi connectivity index (χ4n) is 2.06. The second kappa shape index (κ2) is 7.43. The fourth-order valence-corrected chi connectivity index (χ4v) is 2.77. The predicted molar refractivity (Wildman–Crippen MR) is 86.1 cm³/mol. The molecule has 21 heavy (non-hydrogen) atoms. The van der Waals surface area contributed by atoms with Crippen LogP contribution in [-0.4, -0.2) is 17.6 Å². The number of thiazole rings is 1. The molecular formula is C16H22N2O2S. The first-order chi connectivity index (χ1) is 10.1. The van der Waals surface area contributed by atoms with Crippen LogP contribution in [0.5, 0.6) is 11.5 Å². The van der Waals surface area contributed by atoms with Gasteiger partial charge < -0.3 is 15.2 Å². The lowest BCUT2D eigenvalue weighted by Gasteiger charge is -2.13. The maximum atomic E-state index is 5.86. The van der Waals surface area contributed by atoms with E-state index in [0.717, 1.165) is 33.4 Å². The summed E-state index contributed by atoms with van der Waals surface area (Å²) in [6.45, 7) is 7.07. The van der Waals surface area contributed by atoms with Crippen LogP contribution in [0, 0.1) is 6.92 Å². The Balaban J connectivity index is 2.09. The van der Waals surface area contributed by atoms with Crippen LogP contribution in [0.15, 0.2) is 24.4 Å². The summed E-state index contributed by atoms with van der Waals surface area (Å²) in [6.07, 6.45) is 2.68. The molecule has 2 N–H and O–H groups in total. The second-order valence-electron chi connectivity index (χ2n) is 5.03. The third kappa shape index (κ3) is 4.72. The minimum absolute atomic E-state index is 0.131. The Morgan fingerprint density at radius 1 is 1.29 bits per heavy atom. The van der Waals surface area contributed by atoms with Gasteiger partial charge in [0.2, 0.25) is 0 Å². The maximum absolute atomic E-state index is 5.86. The first kappa shape index (κ1) is 15.8. The van der Waals surface area contributed by atoms with Crippen molar-refractivity contribution >= 4 is 11.3 Å². The normalized spacial score (nSPS) is 12.2. The summed E-state index contributed by atoms with van der Waals surface area (Å²) in [4.78, 5) is 5.33. The van der Waals surface area contributed by atoms with Crippen molar-refractivity contribution in [3.63, 3.8) is 0 Å². The highest BCUT2D eigenvalue weighted by Gasteiger charge is 2.09. The molecule has 1 aromatic heterocycles. The van der Waals surface area contributed by atoms with E-state index in [0.29, 0.717) is 13.2 Å². The van der Waals surface area contributed by atoms with Crippen LogP contribution >= 0.6 is 11.3 Å². The SMILES string of the molecule is CCOc1cc(CC(C)N)ccc1OCc1cnc(C)s1. The highest BCUT2D eigenvalue weighted by molar-refractivity contribution is 7.11. The molecule has 1 heterocycles. The van der Waals surface area contributed by atoms with Crippen LogP contribution in [0.25, 0.3) is 0 Å². The molecule has 114 valence electrons. The van der Waals surface area contributed by atoms with Crippen LogP contribution in [0.4, 0.5) is 0 Å². The molecule has 0 saturated heterocycles. The average molecular weight is 306 g/mol. The van der Waals surface area contributed by atoms with Gasteiger partial charge >= 0.3 is 0 Å². The molecule has 0 aliphatic rings. The number of hydrogen-bond donors (Lipinski definition) is 1. The molecule has 0 amide bonds. The number of aryl methyl sites for hydroxylation is 1. The number of ether oxygens (including phenoxy) is 2. The van der Waals surface area contributed by atoms with E-state index in [2.05, 4.69) is 4.98 Å². The zero-order chi connectivity index (χ0) is 15.2. The topological polar surface area (TPSA) is 57.4 Å². The average Bonchev–Trinajstić information content (AvgIpc) is 2.83. The molecule has 0 saturated carbocycles. The lowest BCUT2D eigenvalue weighted by atomic mass is 10.1. The van der Waals surface area contributed by atoms with Gasteiger partial charge in [0.25, 0.3) is 0 Å². The van der Waals surface area contributed by atoms with Crippen molar-refractivity contribution in [2.45, 2.75) is 39.8 Å². The number of hydrogen-bond acceptors (Lipinski definition) is 5. The Bertz CT molecular complexity index is 581. The summed E-state index contributed by atoms with van der Waals surface area (Å²) in [5.74, 6) is 1.54. The zero-order valence-electron chi connectivity index (χ0n) is 12.8. The summed E-state index contributed by atoms with van der Waals surface area (Å²) in [7, 11) is 0. The molecule has 0 spiro atoms. The Morgan fingerprint density at radius 3 is 2.71 bits per heavy atom. The monoisotopic (exact) mass is 306 g/mol. The van der Waals surface area contributed by atoms with E-state index in [1.165, 1.54) is 0 Å². The van der Waals surface area contributed by atoms with E-state index < -0.39 is 0 Å². The predicted octanol–water partition coefficient (Wildman–Crippen LogP) is 3.32. The molecule has 0 radical (unpaired) electrons. The Labute approximate surface area is 129 Å². The Hall–Kier alpha value is -1.59. The van der Waals surface area contributed by atoms with E-state index in [9.17, 15) is 0 Å². The number of aromatic nitrogens is 1. The minimum atomic E-state index is 0.131. The number of nitrogens with zero attached hydrogens (tertiary/aromatic N) is 1. The molecular weight excluding hydrogens is 284 g/mol. The van der Waals surface area contributed by atoms with Gasteiger partial charge in [-0.3, -0.25) is 0 Å². The van der Waals surface area contributed by atoms with Gasteiger partial charge in [-0.25, -0.2) is 4.98 Å². The van der Waals surface area contributed by atoms with Crippen LogP contribution in [0.2, 0.25) is 0 Å². The van der Waals surface area contributed by atoms with E-state index in [1.54, 1.807) is 11.3 Å². The van der Waals surface area contributed by atoms with Crippen molar-refractivity contribution in [2.75, 3.05) is 6.61 Å². The van der Waals surface area contributed by atoms with Gasteiger partial charge in [-0.2, -0.15) is 0 Å². The summed E-state index contributed by atoms with van der Waals surface area (Å²) in [5.41, 5.74) is 7.01. The van der Waals surface area contributed by atoms with Gasteiger partial charge in [0.1, 0.15) is 6.61 Å². The van der Waals surface area contributed by atoms with Gasteiger partial charge in [0, 0.05) is 12.2 Å². The van der Waals surface area contributed by atoms with Crippen LogP contribution in [0.1, 0.15) is 29.3 Å². The molecule has 0 fully saturated rings. The fraction of sp³-hybridized carbons (Fsp3) is 0.438. The summed E-state index contributed by atoms with van der Waals surface area (Å²) in [6, 6.07) is 6.14. The highest BCUT2D eigenvalue weighted by atomic mass is 32.1. The summed E-state index contributed by atoms with van der Waals surface area (Å²) >= 11 is 1.64. The van der Waals surface area contributed by atoms with Crippen molar-refractivity contribution in [2.24, 2.45) is 5.73 Å². The van der Waals surface area contributed by atoms with Crippen molar-refractivity contribution in [3.05, 3.63) is 39.8 Å². The van der Waals surface area contributed by atoms with Crippen molar-refractivity contribution in [3.8, 4) is 11.5 Å². The number of benzene rings is 1. The largest absolute Gasteiger partial charge is 0.490 e. The molecule has 5 heteroatoms. The van der Waals surface area contributed by atoms with E-state index >= 15 is 0 Å². The summed E-state index contributed by atoms with van der Waals surface area (Å²) < 4.78 is 11.5. The van der Waals surface area contributed by atoms with Gasteiger partial charge in [-0.1, -0.05) is 6.07 Å². The van der Waals surface area contributed by atoms with Gasteiger partial charge in [0.15, 0.2) is 11.5 Å². The van der Waals surface area contributed by atoms with Gasteiger partial charge in [0.05, 0.1) is 16.5 Å². The third-order valence-electron chi connectivity index (χ3n) is 2.90. The zero-order valence-corrected chi connectivity index (χ0v) is 13.6. The van der Waals surface area contributed by atoms with E-state index in [1.807, 2.05) is 45.2 Å². The van der Waals surface area contributed by atoms with Crippen molar-refractivity contribution < 1.29 is 9.47 Å². The van der Waals surface area contributed by atoms with Gasteiger partial charge in [-0.15, -0.1) is 11.3 Å². The van der Waals surface area contributed by atoms with Gasteiger partial charge in [-0.05, 0) is 44.9 Å². The van der Waals surface area contributed by atoms with Crippen LogP contribution in [0.3, 0.4) is 0 Å². The highest BCUT2D eigenvalue weighted by Crippen LogP contribution is 2.30. The molecule has 2 aromatic rings. The molecule has 0 aliphatic carbocycles. The molecule has 2 rings (SSSR count). The smallest absolute Gasteiger partial charge is 0.161 e. The quantitative estimate of drug-likeness (QED) is 0.852. The standard InChI is InChI=1S/C16H22N2O2S/c1-4-19-16-8-13(7-11(2)17)5-6-15(16)20-10-14-9-18-12(3)21-14/h5-6,8-9,11H,4,7,10,17H2,1-3H3. The molecule has 1 unspecified atom stereocenters. The first-order valence-electron chi connectivity index (χ1n) is 7.14. The maximum Gasteiger partial charge on any atom is 0.161 e. The lowest BCUT2D eigenvalue weighted by Crippen LogP contribution is -2.17. The van der Waals surface area contributed by atoms with Crippen molar-refractivity contribution in [1.29, 1.82) is 0 Å². The molecule has 1 aromatic carbocycles. The molecule has 0 aliphatic heterocycles. The molecule has 0 bridgehead atoms. The minimum Gasteiger partial charge on any atom is -0.490 e. The lowest BCUT2D eigenvalue weighted by molar-refractivity contribution is 0.271. The third-order valence-corrected chi connectivity index (χ3v) is 3.79. The number of rotatable bonds is 7. The second-order valence-corrected chi connectivity index (χ2v) is 6.35. The summed E-state index contributed by atoms with van der Waals surface area (Å²) in [5, 5.41) is 1.05. The van der Waals surface area contributed by atoms with Crippen LogP contribution in [-0.2, 0) is 13.0 Å². The van der Waals surface area contributed by atoms with Crippen LogP contribution < -0.4 is 15.2 Å². The van der Waals surface area contributed by atoms with E-state index in [4.69, 9.17) is 15.2 Å². The Morgan fingerprint density at radius 2 is 2.10 bits per heavy atom. The molecule has 1 atom stereocenters. The first-order valence-corrected chi connectivity index (χ1v) is 7.95. The molecule has 4 nitrogen and oxygen atoms in total. The van der Waals surface area contributed by atoms with Crippen molar-refractivity contribution in [1.82, 2.24) is 4.98 Å².